The molecule has 3 nitrogen and oxygen atoms in total. The SMILES string of the molecule is CCN(CC)CCCNCc1ccc(C2CC2C)o1. The normalized spacial score (nSPS) is 22.1. The van der Waals surface area contributed by atoms with E-state index in [0.29, 0.717) is 5.92 Å². The van der Waals surface area contributed by atoms with Crippen LogP contribution in [0.15, 0.2) is 16.5 Å². The van der Waals surface area contributed by atoms with Crippen LogP contribution >= 0.6 is 0 Å². The van der Waals surface area contributed by atoms with Gasteiger partial charge in [-0.05, 0) is 57.1 Å². The molecule has 0 spiro atoms. The molecular weight excluding hydrogens is 236 g/mol. The van der Waals surface area contributed by atoms with Gasteiger partial charge in [0.05, 0.1) is 6.54 Å². The summed E-state index contributed by atoms with van der Waals surface area (Å²) in [6.45, 7) is 12.1. The standard InChI is InChI=1S/C16H28N2O/c1-4-18(5-2)10-6-9-17-12-14-7-8-16(19-14)15-11-13(15)3/h7-8,13,15,17H,4-6,9-12H2,1-3H3. The first-order valence-electron chi connectivity index (χ1n) is 7.76. The number of nitrogens with one attached hydrogen (secondary N) is 1. The number of hydrogen-bond donors (Lipinski definition) is 1. The molecule has 1 aromatic rings. The fourth-order valence-electron chi connectivity index (χ4n) is 2.59. The van der Waals surface area contributed by atoms with Crippen LogP contribution in [0.3, 0.4) is 0 Å². The zero-order chi connectivity index (χ0) is 13.7. The molecule has 1 N–H and O–H groups in total. The topological polar surface area (TPSA) is 28.4 Å². The molecule has 2 atom stereocenters. The third-order valence-corrected chi connectivity index (χ3v) is 4.18. The molecule has 1 aliphatic carbocycles. The summed E-state index contributed by atoms with van der Waals surface area (Å²) < 4.78 is 5.88. The van der Waals surface area contributed by atoms with Gasteiger partial charge >= 0.3 is 0 Å². The van der Waals surface area contributed by atoms with Crippen molar-refractivity contribution in [1.29, 1.82) is 0 Å². The molecule has 0 aliphatic heterocycles. The average molecular weight is 264 g/mol. The Hall–Kier alpha value is -0.800. The van der Waals surface area contributed by atoms with E-state index in [1.807, 2.05) is 0 Å². The Morgan fingerprint density at radius 1 is 1.32 bits per heavy atom. The van der Waals surface area contributed by atoms with Crippen LogP contribution in [0.1, 0.15) is 51.1 Å². The maximum Gasteiger partial charge on any atom is 0.117 e. The quantitative estimate of drug-likeness (QED) is 0.694. The molecule has 0 saturated heterocycles. The molecule has 2 unspecified atom stereocenters. The smallest absolute Gasteiger partial charge is 0.117 e. The second kappa shape index (κ2) is 7.11. The highest BCUT2D eigenvalue weighted by atomic mass is 16.3. The molecule has 3 heteroatoms. The first-order valence-corrected chi connectivity index (χ1v) is 7.76. The van der Waals surface area contributed by atoms with Gasteiger partial charge in [0, 0.05) is 5.92 Å². The molecule has 0 amide bonds. The van der Waals surface area contributed by atoms with Crippen LogP contribution in [0, 0.1) is 5.92 Å². The lowest BCUT2D eigenvalue weighted by Gasteiger charge is -2.17. The van der Waals surface area contributed by atoms with Crippen molar-refractivity contribution in [3.8, 4) is 0 Å². The van der Waals surface area contributed by atoms with Crippen LogP contribution in [0.2, 0.25) is 0 Å². The average Bonchev–Trinajstić information content (AvgIpc) is 2.97. The fourth-order valence-corrected chi connectivity index (χ4v) is 2.59. The van der Waals surface area contributed by atoms with Gasteiger partial charge in [-0.2, -0.15) is 0 Å². The maximum atomic E-state index is 5.88. The molecular formula is C16H28N2O. The van der Waals surface area contributed by atoms with Crippen LogP contribution in [0.25, 0.3) is 0 Å². The number of furan rings is 1. The molecule has 1 aliphatic rings. The first kappa shape index (κ1) is 14.6. The van der Waals surface area contributed by atoms with E-state index in [1.165, 1.54) is 25.1 Å². The molecule has 19 heavy (non-hydrogen) atoms. The number of rotatable bonds is 9. The van der Waals surface area contributed by atoms with E-state index < -0.39 is 0 Å². The minimum Gasteiger partial charge on any atom is -0.464 e. The van der Waals surface area contributed by atoms with Crippen LogP contribution < -0.4 is 5.32 Å². The van der Waals surface area contributed by atoms with Crippen molar-refractivity contribution in [3.63, 3.8) is 0 Å². The summed E-state index contributed by atoms with van der Waals surface area (Å²) in [6, 6.07) is 4.28. The second-order valence-corrected chi connectivity index (χ2v) is 5.68. The lowest BCUT2D eigenvalue weighted by Crippen LogP contribution is -2.27. The van der Waals surface area contributed by atoms with E-state index in [-0.39, 0.29) is 0 Å². The Labute approximate surface area is 117 Å². The highest BCUT2D eigenvalue weighted by Gasteiger charge is 2.36. The maximum absolute atomic E-state index is 5.88. The summed E-state index contributed by atoms with van der Waals surface area (Å²) >= 11 is 0. The summed E-state index contributed by atoms with van der Waals surface area (Å²) in [5, 5.41) is 3.47. The number of nitrogens with zero attached hydrogens (tertiary/aromatic N) is 1. The third-order valence-electron chi connectivity index (χ3n) is 4.18. The Morgan fingerprint density at radius 2 is 2.05 bits per heavy atom. The molecule has 1 aromatic heterocycles. The van der Waals surface area contributed by atoms with Gasteiger partial charge in [0.1, 0.15) is 11.5 Å². The Balaban J connectivity index is 1.59. The summed E-state index contributed by atoms with van der Waals surface area (Å²) in [6.07, 6.45) is 2.50. The zero-order valence-corrected chi connectivity index (χ0v) is 12.6. The van der Waals surface area contributed by atoms with Crippen molar-refractivity contribution in [2.75, 3.05) is 26.2 Å². The summed E-state index contributed by atoms with van der Waals surface area (Å²) in [5.41, 5.74) is 0. The third kappa shape index (κ3) is 4.36. The van der Waals surface area contributed by atoms with Crippen LogP contribution in [0.4, 0.5) is 0 Å². The van der Waals surface area contributed by atoms with Gasteiger partial charge in [-0.25, -0.2) is 0 Å². The lowest BCUT2D eigenvalue weighted by atomic mass is 10.3. The molecule has 1 fully saturated rings. The number of hydrogen-bond acceptors (Lipinski definition) is 3. The van der Waals surface area contributed by atoms with Gasteiger partial charge in [-0.15, -0.1) is 0 Å². The summed E-state index contributed by atoms with van der Waals surface area (Å²) in [4.78, 5) is 2.46. The minimum absolute atomic E-state index is 0.691. The highest BCUT2D eigenvalue weighted by Crippen LogP contribution is 2.47. The monoisotopic (exact) mass is 264 g/mol. The Kier molecular flexibility index (Phi) is 5.46. The van der Waals surface area contributed by atoms with Crippen molar-refractivity contribution >= 4 is 0 Å². The van der Waals surface area contributed by atoms with E-state index in [2.05, 4.69) is 43.1 Å². The predicted molar refractivity (Wildman–Crippen MR) is 79.3 cm³/mol. The van der Waals surface area contributed by atoms with Crippen molar-refractivity contribution in [3.05, 3.63) is 23.7 Å². The minimum atomic E-state index is 0.691. The first-order chi connectivity index (χ1) is 9.24. The fraction of sp³-hybridized carbons (Fsp3) is 0.750. The zero-order valence-electron chi connectivity index (χ0n) is 12.6. The van der Waals surface area contributed by atoms with Gasteiger partial charge < -0.3 is 14.6 Å². The van der Waals surface area contributed by atoms with Crippen molar-refractivity contribution < 1.29 is 4.42 Å². The van der Waals surface area contributed by atoms with E-state index in [4.69, 9.17) is 4.42 Å². The van der Waals surface area contributed by atoms with E-state index in [0.717, 1.165) is 37.9 Å². The van der Waals surface area contributed by atoms with Crippen LogP contribution in [0.5, 0.6) is 0 Å². The molecule has 108 valence electrons. The van der Waals surface area contributed by atoms with Crippen LogP contribution in [-0.4, -0.2) is 31.1 Å². The highest BCUT2D eigenvalue weighted by molar-refractivity contribution is 5.17. The largest absolute Gasteiger partial charge is 0.464 e. The molecule has 1 heterocycles. The lowest BCUT2D eigenvalue weighted by molar-refractivity contribution is 0.297. The summed E-state index contributed by atoms with van der Waals surface area (Å²) in [7, 11) is 0. The van der Waals surface area contributed by atoms with Gasteiger partial charge in [0.15, 0.2) is 0 Å². The molecule has 0 bridgehead atoms. The molecule has 2 rings (SSSR count). The van der Waals surface area contributed by atoms with Gasteiger partial charge in [-0.3, -0.25) is 0 Å². The van der Waals surface area contributed by atoms with E-state index >= 15 is 0 Å². The van der Waals surface area contributed by atoms with Crippen molar-refractivity contribution in [2.45, 2.75) is 46.1 Å². The van der Waals surface area contributed by atoms with Crippen LogP contribution in [-0.2, 0) is 6.54 Å². The Bertz CT molecular complexity index is 371. The molecule has 1 saturated carbocycles. The summed E-state index contributed by atoms with van der Waals surface area (Å²) in [5.74, 6) is 3.78. The van der Waals surface area contributed by atoms with Gasteiger partial charge in [-0.1, -0.05) is 20.8 Å². The van der Waals surface area contributed by atoms with Crippen molar-refractivity contribution in [2.24, 2.45) is 5.92 Å². The Morgan fingerprint density at radius 3 is 2.68 bits per heavy atom. The van der Waals surface area contributed by atoms with Gasteiger partial charge in [0.25, 0.3) is 0 Å². The molecule has 0 aromatic carbocycles. The second-order valence-electron chi connectivity index (χ2n) is 5.68. The van der Waals surface area contributed by atoms with Crippen molar-refractivity contribution in [1.82, 2.24) is 10.2 Å². The predicted octanol–water partition coefficient (Wildman–Crippen LogP) is 3.22. The van der Waals surface area contributed by atoms with E-state index in [9.17, 15) is 0 Å². The van der Waals surface area contributed by atoms with E-state index in [1.54, 1.807) is 0 Å². The molecule has 0 radical (unpaired) electrons. The van der Waals surface area contributed by atoms with Gasteiger partial charge in [0.2, 0.25) is 0 Å².